The highest BCUT2D eigenvalue weighted by atomic mass is 16.2. The Balaban J connectivity index is 1.51. The Bertz CT molecular complexity index is 828. The number of rotatable bonds is 6. The van der Waals surface area contributed by atoms with Crippen LogP contribution in [0.25, 0.3) is 0 Å². The second kappa shape index (κ2) is 10.2. The lowest BCUT2D eigenvalue weighted by molar-refractivity contribution is -0.126. The summed E-state index contributed by atoms with van der Waals surface area (Å²) < 4.78 is 0. The molecular weight excluding hydrogens is 360 g/mol. The van der Waals surface area contributed by atoms with Gasteiger partial charge >= 0.3 is 0 Å². The Hall–Kier alpha value is -2.68. The lowest BCUT2D eigenvalue weighted by Gasteiger charge is -2.28. The maximum absolute atomic E-state index is 12.8. The fourth-order valence-electron chi connectivity index (χ4n) is 3.80. The van der Waals surface area contributed by atoms with Crippen LogP contribution in [-0.4, -0.2) is 47.9 Å². The molecule has 2 aromatic rings. The molecule has 1 aliphatic rings. The molecule has 0 unspecified atom stereocenters. The third-order valence-electron chi connectivity index (χ3n) is 5.70. The van der Waals surface area contributed by atoms with Crippen molar-refractivity contribution < 1.29 is 4.79 Å². The zero-order valence-electron chi connectivity index (χ0n) is 17.3. The van der Waals surface area contributed by atoms with E-state index in [1.54, 1.807) is 0 Å². The van der Waals surface area contributed by atoms with Crippen LogP contribution >= 0.6 is 0 Å². The lowest BCUT2D eigenvalue weighted by atomic mass is 10.1. The molecule has 2 aromatic carbocycles. The van der Waals surface area contributed by atoms with E-state index in [9.17, 15) is 4.79 Å². The predicted octanol–water partition coefficient (Wildman–Crippen LogP) is 3.33. The first kappa shape index (κ1) is 21.0. The van der Waals surface area contributed by atoms with Crippen molar-refractivity contribution in [3.63, 3.8) is 0 Å². The van der Waals surface area contributed by atoms with E-state index in [-0.39, 0.29) is 18.0 Å². The first-order chi connectivity index (χ1) is 14.1. The van der Waals surface area contributed by atoms with Gasteiger partial charge in [-0.3, -0.25) is 14.6 Å². The minimum atomic E-state index is -0.143. The maximum Gasteiger partial charge on any atom is 0.237 e. The minimum absolute atomic E-state index is 0.00556. The van der Waals surface area contributed by atoms with Crippen LogP contribution in [0.2, 0.25) is 0 Å². The van der Waals surface area contributed by atoms with Crippen LogP contribution in [0.5, 0.6) is 0 Å². The molecule has 2 atom stereocenters. The number of nitriles is 1. The van der Waals surface area contributed by atoms with Crippen LogP contribution in [-0.2, 0) is 11.3 Å². The van der Waals surface area contributed by atoms with Crippen molar-refractivity contribution in [2.45, 2.75) is 38.9 Å². The molecule has 3 rings (SSSR count). The smallest absolute Gasteiger partial charge is 0.237 e. The molecule has 1 N–H and O–H groups in total. The topological polar surface area (TPSA) is 59.4 Å². The fraction of sp³-hybridized carbons (Fsp3) is 0.417. The van der Waals surface area contributed by atoms with Crippen molar-refractivity contribution in [2.24, 2.45) is 0 Å². The summed E-state index contributed by atoms with van der Waals surface area (Å²) >= 11 is 0. The van der Waals surface area contributed by atoms with Crippen molar-refractivity contribution in [1.82, 2.24) is 15.1 Å². The Morgan fingerprint density at radius 3 is 2.45 bits per heavy atom. The third kappa shape index (κ3) is 5.90. The molecule has 1 heterocycles. The fourth-order valence-corrected chi connectivity index (χ4v) is 3.80. The molecule has 0 aliphatic carbocycles. The maximum atomic E-state index is 12.8. The van der Waals surface area contributed by atoms with Crippen LogP contribution in [0.1, 0.15) is 43.0 Å². The molecule has 1 amide bonds. The zero-order valence-corrected chi connectivity index (χ0v) is 17.3. The molecule has 152 valence electrons. The van der Waals surface area contributed by atoms with Crippen LogP contribution in [0.3, 0.4) is 0 Å². The van der Waals surface area contributed by atoms with E-state index in [0.29, 0.717) is 5.56 Å². The summed E-state index contributed by atoms with van der Waals surface area (Å²) in [7, 11) is 0. The summed E-state index contributed by atoms with van der Waals surface area (Å²) in [6.07, 6.45) is 1.04. The van der Waals surface area contributed by atoms with Gasteiger partial charge in [0.2, 0.25) is 5.91 Å². The highest BCUT2D eigenvalue weighted by Crippen LogP contribution is 2.14. The molecule has 0 radical (unpaired) electrons. The van der Waals surface area contributed by atoms with Crippen molar-refractivity contribution in [1.29, 1.82) is 5.26 Å². The van der Waals surface area contributed by atoms with Crippen LogP contribution in [0.4, 0.5) is 0 Å². The normalized spacial score (nSPS) is 17.7. The van der Waals surface area contributed by atoms with Gasteiger partial charge in [0.1, 0.15) is 0 Å². The van der Waals surface area contributed by atoms with E-state index in [4.69, 9.17) is 5.26 Å². The highest BCUT2D eigenvalue weighted by molar-refractivity contribution is 5.81. The van der Waals surface area contributed by atoms with Gasteiger partial charge in [0.25, 0.3) is 0 Å². The van der Waals surface area contributed by atoms with E-state index >= 15 is 0 Å². The largest absolute Gasteiger partial charge is 0.348 e. The van der Waals surface area contributed by atoms with Gasteiger partial charge in [0.15, 0.2) is 0 Å². The molecule has 0 saturated carbocycles. The van der Waals surface area contributed by atoms with Crippen molar-refractivity contribution in [2.75, 3.05) is 26.2 Å². The summed E-state index contributed by atoms with van der Waals surface area (Å²) in [5, 5.41) is 12.1. The van der Waals surface area contributed by atoms with Crippen molar-refractivity contribution in [3.05, 3.63) is 71.3 Å². The van der Waals surface area contributed by atoms with Gasteiger partial charge in [0.05, 0.1) is 23.7 Å². The van der Waals surface area contributed by atoms with Gasteiger partial charge in [-0.15, -0.1) is 0 Å². The molecule has 5 nitrogen and oxygen atoms in total. The zero-order chi connectivity index (χ0) is 20.6. The molecule has 5 heteroatoms. The summed E-state index contributed by atoms with van der Waals surface area (Å²) in [6, 6.07) is 19.9. The monoisotopic (exact) mass is 390 g/mol. The number of amides is 1. The number of benzene rings is 2. The van der Waals surface area contributed by atoms with Crippen molar-refractivity contribution >= 4 is 5.91 Å². The summed E-state index contributed by atoms with van der Waals surface area (Å²) in [4.78, 5) is 17.5. The Kier molecular flexibility index (Phi) is 7.40. The average molecular weight is 391 g/mol. The molecule has 1 saturated heterocycles. The molecule has 0 bridgehead atoms. The SMILES string of the molecule is C[C@H](C(=O)N[C@H](C)c1ccccc1)N1CCCN(Cc2ccc(C#N)cc2)CC1. The Morgan fingerprint density at radius 2 is 1.76 bits per heavy atom. The first-order valence-corrected chi connectivity index (χ1v) is 10.4. The summed E-state index contributed by atoms with van der Waals surface area (Å²) in [6.45, 7) is 8.68. The average Bonchev–Trinajstić information content (AvgIpc) is 3.00. The van der Waals surface area contributed by atoms with E-state index in [2.05, 4.69) is 21.2 Å². The number of carbonyl (C=O) groups excluding carboxylic acids is 1. The molecule has 0 aromatic heterocycles. The van der Waals surface area contributed by atoms with E-state index < -0.39 is 0 Å². The number of nitrogens with one attached hydrogen (secondary N) is 1. The van der Waals surface area contributed by atoms with Gasteiger partial charge in [-0.1, -0.05) is 42.5 Å². The quantitative estimate of drug-likeness (QED) is 0.822. The van der Waals surface area contributed by atoms with Crippen LogP contribution < -0.4 is 5.32 Å². The van der Waals surface area contributed by atoms with Gasteiger partial charge in [-0.2, -0.15) is 5.26 Å². The number of carbonyl (C=O) groups is 1. The molecule has 0 spiro atoms. The second-order valence-corrected chi connectivity index (χ2v) is 7.79. The number of hydrogen-bond acceptors (Lipinski definition) is 4. The summed E-state index contributed by atoms with van der Waals surface area (Å²) in [5.74, 6) is 0.0851. The van der Waals surface area contributed by atoms with Gasteiger partial charge in [-0.25, -0.2) is 0 Å². The van der Waals surface area contributed by atoms with Gasteiger partial charge in [-0.05, 0) is 50.1 Å². The molecular formula is C24H30N4O. The molecule has 1 aliphatic heterocycles. The van der Waals surface area contributed by atoms with E-state index in [0.717, 1.165) is 44.7 Å². The number of nitrogens with zero attached hydrogens (tertiary/aromatic N) is 3. The van der Waals surface area contributed by atoms with Gasteiger partial charge < -0.3 is 5.32 Å². The van der Waals surface area contributed by atoms with Crippen molar-refractivity contribution in [3.8, 4) is 6.07 Å². The molecule has 1 fully saturated rings. The highest BCUT2D eigenvalue weighted by Gasteiger charge is 2.25. The lowest BCUT2D eigenvalue weighted by Crippen LogP contribution is -2.47. The summed E-state index contributed by atoms with van der Waals surface area (Å²) in [5.41, 5.74) is 3.04. The van der Waals surface area contributed by atoms with Crippen LogP contribution in [0.15, 0.2) is 54.6 Å². The predicted molar refractivity (Wildman–Crippen MR) is 115 cm³/mol. The third-order valence-corrected chi connectivity index (χ3v) is 5.70. The van der Waals surface area contributed by atoms with E-state index in [1.165, 1.54) is 5.56 Å². The standard InChI is InChI=1S/C24H30N4O/c1-19(23-7-4-3-5-8-23)26-24(29)20(2)28-14-6-13-27(15-16-28)18-22-11-9-21(17-25)10-12-22/h3-5,7-12,19-20H,6,13-16,18H2,1-2H3,(H,26,29)/t19-,20-/m1/s1. The molecule has 29 heavy (non-hydrogen) atoms. The van der Waals surface area contributed by atoms with E-state index in [1.807, 2.05) is 68.4 Å². The Morgan fingerprint density at radius 1 is 1.03 bits per heavy atom. The number of hydrogen-bond donors (Lipinski definition) is 1. The minimum Gasteiger partial charge on any atom is -0.348 e. The van der Waals surface area contributed by atoms with Gasteiger partial charge in [0, 0.05) is 26.2 Å². The second-order valence-electron chi connectivity index (χ2n) is 7.79. The first-order valence-electron chi connectivity index (χ1n) is 10.4. The van der Waals surface area contributed by atoms with Crippen LogP contribution in [0, 0.1) is 11.3 Å². The Labute approximate surface area is 173 Å².